The minimum absolute atomic E-state index is 0.377. The summed E-state index contributed by atoms with van der Waals surface area (Å²) in [5.74, 6) is -0.377. The number of H-pyrrole nitrogens is 1. The molecular weight excluding hydrogens is 328 g/mol. The molecule has 0 radical (unpaired) electrons. The molecule has 2 rings (SSSR count). The van der Waals surface area contributed by atoms with Gasteiger partial charge in [-0.3, -0.25) is 0 Å². The van der Waals surface area contributed by atoms with E-state index in [1.807, 2.05) is 6.07 Å². The lowest BCUT2D eigenvalue weighted by atomic mass is 10.2. The smallest absolute Gasteiger partial charge is 0.354 e. The number of nitrogens with one attached hydrogen (secondary N) is 1. The van der Waals surface area contributed by atoms with Crippen LogP contribution in [0.3, 0.4) is 0 Å². The van der Waals surface area contributed by atoms with Gasteiger partial charge in [0.1, 0.15) is 5.69 Å². The second kappa shape index (κ2) is 4.02. The van der Waals surface area contributed by atoms with Crippen LogP contribution in [-0.4, -0.2) is 18.1 Å². The van der Waals surface area contributed by atoms with E-state index in [4.69, 9.17) is 11.6 Å². The van der Waals surface area contributed by atoms with Crippen LogP contribution in [0.1, 0.15) is 10.5 Å². The SMILES string of the molecule is COC(=O)c1cc2cc(I)c(Cl)cc2[nH]1. The number of carbonyl (C=O) groups excluding carboxylic acids is 1. The summed E-state index contributed by atoms with van der Waals surface area (Å²) in [4.78, 5) is 14.2. The van der Waals surface area contributed by atoms with Crippen LogP contribution < -0.4 is 0 Å². The highest BCUT2D eigenvalue weighted by Crippen LogP contribution is 2.25. The van der Waals surface area contributed by atoms with Gasteiger partial charge in [0.05, 0.1) is 12.1 Å². The Morgan fingerprint density at radius 1 is 1.47 bits per heavy atom. The highest BCUT2D eigenvalue weighted by atomic mass is 127. The van der Waals surface area contributed by atoms with E-state index in [-0.39, 0.29) is 5.97 Å². The molecule has 0 aliphatic carbocycles. The monoisotopic (exact) mass is 335 g/mol. The number of rotatable bonds is 1. The standard InChI is InChI=1S/C10H7ClINO2/c1-15-10(14)9-3-5-2-7(12)6(11)4-8(5)13-9/h2-4,13H,1H3. The van der Waals surface area contributed by atoms with Gasteiger partial charge in [-0.1, -0.05) is 11.6 Å². The Kier molecular flexibility index (Phi) is 2.88. The second-order valence-electron chi connectivity index (χ2n) is 3.03. The van der Waals surface area contributed by atoms with Gasteiger partial charge in [-0.15, -0.1) is 0 Å². The van der Waals surface area contributed by atoms with Crippen LogP contribution >= 0.6 is 34.2 Å². The number of halogens is 2. The van der Waals surface area contributed by atoms with Gasteiger partial charge in [-0.2, -0.15) is 0 Å². The van der Waals surface area contributed by atoms with Gasteiger partial charge in [0.15, 0.2) is 0 Å². The van der Waals surface area contributed by atoms with Crippen LogP contribution in [0.2, 0.25) is 5.02 Å². The maximum absolute atomic E-state index is 11.3. The van der Waals surface area contributed by atoms with Gasteiger partial charge >= 0.3 is 5.97 Å². The number of fused-ring (bicyclic) bond motifs is 1. The molecule has 1 aromatic heterocycles. The molecule has 1 aromatic carbocycles. The van der Waals surface area contributed by atoms with E-state index >= 15 is 0 Å². The van der Waals surface area contributed by atoms with Crippen molar-refractivity contribution in [3.05, 3.63) is 32.5 Å². The van der Waals surface area contributed by atoms with Crippen LogP contribution in [0, 0.1) is 3.57 Å². The molecule has 0 fully saturated rings. The number of ether oxygens (including phenoxy) is 1. The zero-order valence-electron chi connectivity index (χ0n) is 7.80. The number of hydrogen-bond donors (Lipinski definition) is 1. The minimum atomic E-state index is -0.377. The lowest BCUT2D eigenvalue weighted by Gasteiger charge is -1.95. The van der Waals surface area contributed by atoms with E-state index in [1.54, 1.807) is 12.1 Å². The van der Waals surface area contributed by atoms with Gasteiger partial charge < -0.3 is 9.72 Å². The summed E-state index contributed by atoms with van der Waals surface area (Å²) in [6, 6.07) is 5.46. The number of hydrogen-bond acceptors (Lipinski definition) is 2. The Labute approximate surface area is 105 Å². The van der Waals surface area contributed by atoms with E-state index < -0.39 is 0 Å². The third-order valence-electron chi connectivity index (χ3n) is 2.07. The summed E-state index contributed by atoms with van der Waals surface area (Å²) in [5, 5.41) is 1.62. The Hall–Kier alpha value is -0.750. The first-order chi connectivity index (χ1) is 7.11. The van der Waals surface area contributed by atoms with Crippen molar-refractivity contribution < 1.29 is 9.53 Å². The van der Waals surface area contributed by atoms with E-state index in [9.17, 15) is 4.79 Å². The maximum atomic E-state index is 11.3. The van der Waals surface area contributed by atoms with E-state index in [1.165, 1.54) is 7.11 Å². The van der Waals surface area contributed by atoms with Crippen molar-refractivity contribution in [1.82, 2.24) is 4.98 Å². The minimum Gasteiger partial charge on any atom is -0.464 e. The van der Waals surface area contributed by atoms with Gasteiger partial charge in [0, 0.05) is 14.5 Å². The van der Waals surface area contributed by atoms with Crippen molar-refractivity contribution >= 4 is 51.1 Å². The zero-order valence-corrected chi connectivity index (χ0v) is 10.7. The van der Waals surface area contributed by atoms with Crippen molar-refractivity contribution in [2.75, 3.05) is 7.11 Å². The van der Waals surface area contributed by atoms with Crippen LogP contribution in [-0.2, 0) is 4.74 Å². The summed E-state index contributed by atoms with van der Waals surface area (Å²) in [6.07, 6.45) is 0. The normalized spacial score (nSPS) is 10.6. The predicted molar refractivity (Wildman–Crippen MR) is 67.4 cm³/mol. The van der Waals surface area contributed by atoms with Crippen LogP contribution in [0.4, 0.5) is 0 Å². The molecule has 0 bridgehead atoms. The molecule has 1 N–H and O–H groups in total. The lowest BCUT2D eigenvalue weighted by Crippen LogP contribution is -2.00. The second-order valence-corrected chi connectivity index (χ2v) is 4.60. The fourth-order valence-corrected chi connectivity index (χ4v) is 2.00. The maximum Gasteiger partial charge on any atom is 0.354 e. The third kappa shape index (κ3) is 1.96. The molecule has 0 unspecified atom stereocenters. The molecule has 78 valence electrons. The summed E-state index contributed by atoms with van der Waals surface area (Å²) in [6.45, 7) is 0. The Morgan fingerprint density at radius 2 is 2.20 bits per heavy atom. The number of esters is 1. The van der Waals surface area contributed by atoms with Crippen LogP contribution in [0.5, 0.6) is 0 Å². The molecule has 2 aromatic rings. The lowest BCUT2D eigenvalue weighted by molar-refractivity contribution is 0.0595. The first kappa shape index (κ1) is 10.8. The molecular formula is C10H7ClINO2. The van der Waals surface area contributed by atoms with Gasteiger partial charge in [0.25, 0.3) is 0 Å². The largest absolute Gasteiger partial charge is 0.464 e. The fraction of sp³-hybridized carbons (Fsp3) is 0.100. The summed E-state index contributed by atoms with van der Waals surface area (Å²) >= 11 is 8.11. The number of benzene rings is 1. The Bertz CT molecular complexity index is 496. The van der Waals surface area contributed by atoms with Crippen molar-refractivity contribution in [1.29, 1.82) is 0 Å². The highest BCUT2D eigenvalue weighted by molar-refractivity contribution is 14.1. The molecule has 0 amide bonds. The summed E-state index contributed by atoms with van der Waals surface area (Å²) in [7, 11) is 1.35. The first-order valence-corrected chi connectivity index (χ1v) is 5.63. The average molecular weight is 336 g/mol. The topological polar surface area (TPSA) is 42.1 Å². The molecule has 15 heavy (non-hydrogen) atoms. The predicted octanol–water partition coefficient (Wildman–Crippen LogP) is 3.21. The zero-order chi connectivity index (χ0) is 11.0. The molecule has 0 aliphatic rings. The molecule has 0 aliphatic heterocycles. The molecule has 0 saturated heterocycles. The Balaban J connectivity index is 2.61. The molecule has 5 heteroatoms. The molecule has 1 heterocycles. The molecule has 0 saturated carbocycles. The molecule has 3 nitrogen and oxygen atoms in total. The van der Waals surface area contributed by atoms with Gasteiger partial charge in [-0.25, -0.2) is 4.79 Å². The molecule has 0 atom stereocenters. The fourth-order valence-electron chi connectivity index (χ4n) is 1.35. The number of methoxy groups -OCH3 is 1. The van der Waals surface area contributed by atoms with E-state index in [0.717, 1.165) is 14.5 Å². The van der Waals surface area contributed by atoms with Gasteiger partial charge in [-0.05, 0) is 40.8 Å². The third-order valence-corrected chi connectivity index (χ3v) is 3.59. The van der Waals surface area contributed by atoms with E-state index in [0.29, 0.717) is 10.7 Å². The number of carbonyl (C=O) groups is 1. The number of aromatic amines is 1. The quantitative estimate of drug-likeness (QED) is 0.642. The summed E-state index contributed by atoms with van der Waals surface area (Å²) < 4.78 is 5.58. The Morgan fingerprint density at radius 3 is 2.87 bits per heavy atom. The van der Waals surface area contributed by atoms with Crippen LogP contribution in [0.25, 0.3) is 10.9 Å². The highest BCUT2D eigenvalue weighted by Gasteiger charge is 2.10. The van der Waals surface area contributed by atoms with Crippen molar-refractivity contribution in [2.24, 2.45) is 0 Å². The van der Waals surface area contributed by atoms with E-state index in [2.05, 4.69) is 32.3 Å². The number of aromatic nitrogens is 1. The average Bonchev–Trinajstić information content (AvgIpc) is 2.60. The molecule has 0 spiro atoms. The first-order valence-electron chi connectivity index (χ1n) is 4.18. The van der Waals surface area contributed by atoms with Crippen molar-refractivity contribution in [2.45, 2.75) is 0 Å². The van der Waals surface area contributed by atoms with Gasteiger partial charge in [0.2, 0.25) is 0 Å². The van der Waals surface area contributed by atoms with Crippen molar-refractivity contribution in [3.63, 3.8) is 0 Å². The summed E-state index contributed by atoms with van der Waals surface area (Å²) in [5.41, 5.74) is 1.27. The van der Waals surface area contributed by atoms with Crippen molar-refractivity contribution in [3.8, 4) is 0 Å². The van der Waals surface area contributed by atoms with Crippen LogP contribution in [0.15, 0.2) is 18.2 Å².